The minimum Gasteiger partial charge on any atom is -0.356 e. The number of hydrogen-bond donors (Lipinski definition) is 1. The third-order valence-corrected chi connectivity index (χ3v) is 4.24. The van der Waals surface area contributed by atoms with Gasteiger partial charge in [-0.15, -0.1) is 0 Å². The zero-order valence-corrected chi connectivity index (χ0v) is 13.9. The summed E-state index contributed by atoms with van der Waals surface area (Å²) < 4.78 is 0. The first-order chi connectivity index (χ1) is 9.88. The van der Waals surface area contributed by atoms with Crippen LogP contribution in [0, 0.1) is 13.8 Å². The molecule has 1 aliphatic rings. The largest absolute Gasteiger partial charge is 0.356 e. The van der Waals surface area contributed by atoms with Crippen LogP contribution in [0.3, 0.4) is 0 Å². The second-order valence-corrected chi connectivity index (χ2v) is 6.42. The molecule has 1 amide bonds. The molecule has 0 radical (unpaired) electrons. The van der Waals surface area contributed by atoms with Gasteiger partial charge in [0.2, 0.25) is 5.91 Å². The highest BCUT2D eigenvalue weighted by molar-refractivity contribution is 5.73. The summed E-state index contributed by atoms with van der Waals surface area (Å²) in [7, 11) is 0. The minimum atomic E-state index is 0.0693. The zero-order valence-electron chi connectivity index (χ0n) is 13.9. The number of rotatable bonds is 3. The van der Waals surface area contributed by atoms with Gasteiger partial charge in [0.1, 0.15) is 5.82 Å². The Morgan fingerprint density at radius 3 is 2.48 bits per heavy atom. The Labute approximate surface area is 127 Å². The van der Waals surface area contributed by atoms with Gasteiger partial charge >= 0.3 is 0 Å². The van der Waals surface area contributed by atoms with Crippen molar-refractivity contribution >= 4 is 11.7 Å². The van der Waals surface area contributed by atoms with Crippen LogP contribution in [0.2, 0.25) is 0 Å². The Hall–Kier alpha value is -1.58. The monoisotopic (exact) mass is 289 g/mol. The van der Waals surface area contributed by atoms with Crippen molar-refractivity contribution in [2.24, 2.45) is 0 Å². The molecule has 1 aliphatic heterocycles. The average Bonchev–Trinajstić information content (AvgIpc) is 2.41. The predicted octanol–water partition coefficient (Wildman–Crippen LogP) is 2.93. The molecule has 4 heteroatoms. The van der Waals surface area contributed by atoms with E-state index < -0.39 is 0 Å². The molecule has 0 saturated carbocycles. The first-order valence-corrected chi connectivity index (χ1v) is 7.88. The van der Waals surface area contributed by atoms with Gasteiger partial charge in [0.25, 0.3) is 0 Å². The fourth-order valence-corrected chi connectivity index (χ4v) is 3.14. The Kier molecular flexibility index (Phi) is 4.86. The van der Waals surface area contributed by atoms with Gasteiger partial charge in [0.15, 0.2) is 0 Å². The van der Waals surface area contributed by atoms with E-state index in [4.69, 9.17) is 4.98 Å². The summed E-state index contributed by atoms with van der Waals surface area (Å²) in [5.74, 6) is 1.69. The van der Waals surface area contributed by atoms with Crippen molar-refractivity contribution in [3.05, 3.63) is 22.9 Å². The molecule has 0 bridgehead atoms. The maximum absolute atomic E-state index is 11.1. The number of amides is 1. The summed E-state index contributed by atoms with van der Waals surface area (Å²) in [5, 5.41) is 3.02. The van der Waals surface area contributed by atoms with Crippen LogP contribution in [0.25, 0.3) is 0 Å². The SMILES string of the molecule is CC(=O)NC1CCN(c2nc(C)c(C(C)C)cc2C)CC1. The van der Waals surface area contributed by atoms with E-state index in [1.165, 1.54) is 11.1 Å². The Bertz CT molecular complexity index is 517. The second kappa shape index (κ2) is 6.46. The molecule has 0 aromatic carbocycles. The lowest BCUT2D eigenvalue weighted by Gasteiger charge is -2.34. The lowest BCUT2D eigenvalue weighted by Crippen LogP contribution is -2.44. The van der Waals surface area contributed by atoms with Gasteiger partial charge in [-0.25, -0.2) is 4.98 Å². The van der Waals surface area contributed by atoms with Crippen molar-refractivity contribution in [3.8, 4) is 0 Å². The molecule has 0 aliphatic carbocycles. The van der Waals surface area contributed by atoms with Crippen LogP contribution in [0.1, 0.15) is 56.4 Å². The smallest absolute Gasteiger partial charge is 0.217 e. The number of hydrogen-bond acceptors (Lipinski definition) is 3. The van der Waals surface area contributed by atoms with Crippen LogP contribution < -0.4 is 10.2 Å². The third-order valence-electron chi connectivity index (χ3n) is 4.24. The fraction of sp³-hybridized carbons (Fsp3) is 0.647. The lowest BCUT2D eigenvalue weighted by molar-refractivity contribution is -0.119. The van der Waals surface area contributed by atoms with Crippen LogP contribution in [-0.4, -0.2) is 30.0 Å². The first kappa shape index (κ1) is 15.8. The summed E-state index contributed by atoms with van der Waals surface area (Å²) in [6.45, 7) is 12.2. The van der Waals surface area contributed by atoms with E-state index in [2.05, 4.69) is 44.0 Å². The standard InChI is InChI=1S/C17H27N3O/c1-11(2)16-10-12(3)17(18-13(16)4)20-8-6-15(7-9-20)19-14(5)21/h10-11,15H,6-9H2,1-5H3,(H,19,21). The maximum Gasteiger partial charge on any atom is 0.217 e. The quantitative estimate of drug-likeness (QED) is 0.930. The fourth-order valence-electron chi connectivity index (χ4n) is 3.14. The molecule has 2 heterocycles. The number of piperidine rings is 1. The van der Waals surface area contributed by atoms with E-state index >= 15 is 0 Å². The van der Waals surface area contributed by atoms with Crippen LogP contribution >= 0.6 is 0 Å². The summed E-state index contributed by atoms with van der Waals surface area (Å²) in [4.78, 5) is 18.3. The van der Waals surface area contributed by atoms with Crippen LogP contribution in [0.4, 0.5) is 5.82 Å². The molecule has 1 aromatic rings. The number of aromatic nitrogens is 1. The molecule has 116 valence electrons. The molecule has 4 nitrogen and oxygen atoms in total. The highest BCUT2D eigenvalue weighted by atomic mass is 16.1. The number of nitrogens with zero attached hydrogens (tertiary/aromatic N) is 2. The van der Waals surface area contributed by atoms with Gasteiger partial charge in [0, 0.05) is 31.7 Å². The average molecular weight is 289 g/mol. The number of aryl methyl sites for hydroxylation is 2. The second-order valence-electron chi connectivity index (χ2n) is 6.42. The van der Waals surface area contributed by atoms with Gasteiger partial charge in [0.05, 0.1) is 0 Å². The first-order valence-electron chi connectivity index (χ1n) is 7.88. The van der Waals surface area contributed by atoms with Gasteiger partial charge in [-0.05, 0) is 43.7 Å². The van der Waals surface area contributed by atoms with Gasteiger partial charge in [-0.2, -0.15) is 0 Å². The minimum absolute atomic E-state index is 0.0693. The van der Waals surface area contributed by atoms with Crippen LogP contribution in [0.15, 0.2) is 6.07 Å². The third kappa shape index (κ3) is 3.74. The Balaban J connectivity index is 2.10. The van der Waals surface area contributed by atoms with E-state index in [9.17, 15) is 4.79 Å². The van der Waals surface area contributed by atoms with Crippen molar-refractivity contribution in [2.45, 2.75) is 59.4 Å². The zero-order chi connectivity index (χ0) is 15.6. The van der Waals surface area contributed by atoms with E-state index in [1.54, 1.807) is 6.92 Å². The maximum atomic E-state index is 11.1. The molecule has 1 N–H and O–H groups in total. The number of pyridine rings is 1. The van der Waals surface area contributed by atoms with E-state index in [0.29, 0.717) is 12.0 Å². The molecular weight excluding hydrogens is 262 g/mol. The van der Waals surface area contributed by atoms with Crippen LogP contribution in [0.5, 0.6) is 0 Å². The summed E-state index contributed by atoms with van der Waals surface area (Å²) in [5.41, 5.74) is 3.72. The normalized spacial score (nSPS) is 16.4. The number of carbonyl (C=O) groups excluding carboxylic acids is 1. The van der Waals surface area contributed by atoms with E-state index in [0.717, 1.165) is 37.4 Å². The van der Waals surface area contributed by atoms with Crippen molar-refractivity contribution in [1.29, 1.82) is 0 Å². The van der Waals surface area contributed by atoms with E-state index in [-0.39, 0.29) is 5.91 Å². The summed E-state index contributed by atoms with van der Waals surface area (Å²) >= 11 is 0. The molecule has 0 spiro atoms. The van der Waals surface area contributed by atoms with Crippen LogP contribution in [-0.2, 0) is 4.79 Å². The van der Waals surface area contributed by atoms with Crippen molar-refractivity contribution in [2.75, 3.05) is 18.0 Å². The Morgan fingerprint density at radius 2 is 1.95 bits per heavy atom. The molecule has 0 unspecified atom stereocenters. The Morgan fingerprint density at radius 1 is 1.33 bits per heavy atom. The number of nitrogens with one attached hydrogen (secondary N) is 1. The van der Waals surface area contributed by atoms with Crippen molar-refractivity contribution in [1.82, 2.24) is 10.3 Å². The molecule has 21 heavy (non-hydrogen) atoms. The molecular formula is C17H27N3O. The van der Waals surface area contributed by atoms with Crippen molar-refractivity contribution in [3.63, 3.8) is 0 Å². The highest BCUT2D eigenvalue weighted by Crippen LogP contribution is 2.27. The number of carbonyl (C=O) groups is 1. The summed E-state index contributed by atoms with van der Waals surface area (Å²) in [6.07, 6.45) is 1.98. The van der Waals surface area contributed by atoms with E-state index in [1.807, 2.05) is 0 Å². The number of anilines is 1. The van der Waals surface area contributed by atoms with Gasteiger partial charge < -0.3 is 10.2 Å². The van der Waals surface area contributed by atoms with Gasteiger partial charge in [-0.1, -0.05) is 19.9 Å². The van der Waals surface area contributed by atoms with Crippen molar-refractivity contribution < 1.29 is 4.79 Å². The molecule has 2 rings (SSSR count). The molecule has 1 aromatic heterocycles. The highest BCUT2D eigenvalue weighted by Gasteiger charge is 2.22. The summed E-state index contributed by atoms with van der Waals surface area (Å²) in [6, 6.07) is 2.59. The molecule has 0 atom stereocenters. The molecule has 1 fully saturated rings. The lowest BCUT2D eigenvalue weighted by atomic mass is 9.99. The predicted molar refractivity (Wildman–Crippen MR) is 86.9 cm³/mol. The van der Waals surface area contributed by atoms with Gasteiger partial charge in [-0.3, -0.25) is 4.79 Å². The topological polar surface area (TPSA) is 45.2 Å². The molecule has 1 saturated heterocycles.